The summed E-state index contributed by atoms with van der Waals surface area (Å²) in [6, 6.07) is 9.02. The van der Waals surface area contributed by atoms with E-state index in [1.54, 1.807) is 0 Å². The van der Waals surface area contributed by atoms with Crippen LogP contribution in [0.2, 0.25) is 10.0 Å². The molecule has 2 aromatic rings. The Morgan fingerprint density at radius 1 is 1.06 bits per heavy atom. The molecule has 0 aromatic heterocycles. The predicted octanol–water partition coefficient (Wildman–Crippen LogP) is 4.74. The largest absolute Gasteiger partial charge is 0.206 e. The molecule has 0 amide bonds. The van der Waals surface area contributed by atoms with Gasteiger partial charge in [-0.15, -0.1) is 0 Å². The normalized spacial score (nSPS) is 10.5. The van der Waals surface area contributed by atoms with E-state index in [-0.39, 0.29) is 16.1 Å². The molecule has 2 rings (SSSR count). The Morgan fingerprint density at radius 3 is 2.44 bits per heavy atom. The minimum absolute atomic E-state index is 0.191. The van der Waals surface area contributed by atoms with Crippen molar-refractivity contribution in [1.82, 2.24) is 0 Å². The molecule has 0 unspecified atom stereocenters. The first-order valence-electron chi connectivity index (χ1n) is 4.40. The van der Waals surface area contributed by atoms with Crippen LogP contribution in [0, 0.1) is 17.7 Å². The third kappa shape index (κ3) is 2.04. The van der Waals surface area contributed by atoms with Crippen molar-refractivity contribution in [2.75, 3.05) is 0 Å². The summed E-state index contributed by atoms with van der Waals surface area (Å²) in [6.45, 7) is 0. The predicted molar refractivity (Wildman–Crippen MR) is 60.7 cm³/mol. The molecule has 0 nitrogen and oxygen atoms in total. The van der Waals surface area contributed by atoms with Gasteiger partial charge in [-0.25, -0.2) is 8.78 Å². The first kappa shape index (κ1) is 11.4. The van der Waals surface area contributed by atoms with E-state index in [0.717, 1.165) is 6.07 Å². The summed E-state index contributed by atoms with van der Waals surface area (Å²) in [5, 5.41) is 0.611. The van der Waals surface area contributed by atoms with Crippen LogP contribution in [0.1, 0.15) is 0 Å². The minimum atomic E-state index is -0.774. The van der Waals surface area contributed by atoms with Crippen molar-refractivity contribution in [3.8, 4) is 11.1 Å². The Bertz CT molecular complexity index is 518. The quantitative estimate of drug-likeness (QED) is 0.693. The second kappa shape index (κ2) is 4.40. The van der Waals surface area contributed by atoms with Gasteiger partial charge in [0, 0.05) is 16.7 Å². The fourth-order valence-electron chi connectivity index (χ4n) is 1.39. The monoisotopic (exact) mass is 257 g/mol. The van der Waals surface area contributed by atoms with Gasteiger partial charge >= 0.3 is 0 Å². The van der Waals surface area contributed by atoms with Crippen LogP contribution < -0.4 is 0 Å². The second-order valence-electron chi connectivity index (χ2n) is 3.14. The molecule has 1 radical (unpaired) electrons. The summed E-state index contributed by atoms with van der Waals surface area (Å²) in [5.74, 6) is -1.45. The molecule has 0 atom stereocenters. The van der Waals surface area contributed by atoms with Gasteiger partial charge in [0.15, 0.2) is 0 Å². The van der Waals surface area contributed by atoms with Gasteiger partial charge < -0.3 is 0 Å². The third-order valence-electron chi connectivity index (χ3n) is 2.10. The minimum Gasteiger partial charge on any atom is -0.206 e. The molecule has 0 aliphatic carbocycles. The summed E-state index contributed by atoms with van der Waals surface area (Å²) >= 11 is 11.6. The Morgan fingerprint density at radius 2 is 1.81 bits per heavy atom. The zero-order valence-corrected chi connectivity index (χ0v) is 9.41. The van der Waals surface area contributed by atoms with Crippen molar-refractivity contribution in [1.29, 1.82) is 0 Å². The van der Waals surface area contributed by atoms with E-state index in [2.05, 4.69) is 6.07 Å². The number of halogens is 4. The SMILES string of the molecule is Fc1[c]ccc(F)c1-c1ccc(Cl)cc1Cl. The van der Waals surface area contributed by atoms with Crippen LogP contribution >= 0.6 is 23.2 Å². The summed E-state index contributed by atoms with van der Waals surface area (Å²) in [4.78, 5) is 0. The van der Waals surface area contributed by atoms with Crippen molar-refractivity contribution in [3.05, 3.63) is 58.1 Å². The molecule has 0 aliphatic heterocycles. The molecule has 0 saturated carbocycles. The van der Waals surface area contributed by atoms with Gasteiger partial charge in [-0.2, -0.15) is 0 Å². The van der Waals surface area contributed by atoms with Crippen molar-refractivity contribution in [3.63, 3.8) is 0 Å². The molecule has 0 heterocycles. The highest BCUT2D eigenvalue weighted by atomic mass is 35.5. The fourth-order valence-corrected chi connectivity index (χ4v) is 1.89. The van der Waals surface area contributed by atoms with E-state index in [1.165, 1.54) is 24.3 Å². The highest BCUT2D eigenvalue weighted by Crippen LogP contribution is 2.33. The maximum Gasteiger partial charge on any atom is 0.141 e. The van der Waals surface area contributed by atoms with E-state index in [0.29, 0.717) is 5.02 Å². The standard InChI is InChI=1S/C12H5Cl2F2/c13-7-4-5-8(9(14)6-7)12-10(15)2-1-3-11(12)16/h1-2,4-6H. The zero-order valence-electron chi connectivity index (χ0n) is 7.90. The molecule has 0 aliphatic rings. The topological polar surface area (TPSA) is 0 Å². The maximum absolute atomic E-state index is 13.5. The number of hydrogen-bond acceptors (Lipinski definition) is 0. The molecule has 0 N–H and O–H groups in total. The summed E-state index contributed by atoms with van der Waals surface area (Å²) in [7, 11) is 0. The lowest BCUT2D eigenvalue weighted by Gasteiger charge is -2.07. The average Bonchev–Trinajstić information content (AvgIpc) is 2.20. The van der Waals surface area contributed by atoms with Crippen LogP contribution in [-0.4, -0.2) is 0 Å². The van der Waals surface area contributed by atoms with Crippen LogP contribution in [0.5, 0.6) is 0 Å². The average molecular weight is 258 g/mol. The highest BCUT2D eigenvalue weighted by molar-refractivity contribution is 6.36. The summed E-state index contributed by atoms with van der Waals surface area (Å²) in [6.07, 6.45) is 0. The molecule has 16 heavy (non-hydrogen) atoms. The van der Waals surface area contributed by atoms with Gasteiger partial charge in [0.05, 0.1) is 10.6 Å². The van der Waals surface area contributed by atoms with E-state index in [9.17, 15) is 8.78 Å². The Kier molecular flexibility index (Phi) is 3.13. The van der Waals surface area contributed by atoms with Crippen LogP contribution in [0.4, 0.5) is 8.78 Å². The summed E-state index contributed by atoms with van der Waals surface area (Å²) < 4.78 is 26.9. The van der Waals surface area contributed by atoms with Gasteiger partial charge in [0.25, 0.3) is 0 Å². The number of rotatable bonds is 1. The molecule has 81 valence electrons. The highest BCUT2D eigenvalue weighted by Gasteiger charge is 2.14. The van der Waals surface area contributed by atoms with E-state index < -0.39 is 11.6 Å². The lowest BCUT2D eigenvalue weighted by Crippen LogP contribution is -1.90. The lowest BCUT2D eigenvalue weighted by atomic mass is 10.0. The van der Waals surface area contributed by atoms with Crippen LogP contribution in [0.15, 0.2) is 30.3 Å². The molecule has 0 bridgehead atoms. The second-order valence-corrected chi connectivity index (χ2v) is 3.98. The first-order valence-corrected chi connectivity index (χ1v) is 5.16. The van der Waals surface area contributed by atoms with E-state index >= 15 is 0 Å². The molecule has 4 heteroatoms. The van der Waals surface area contributed by atoms with Gasteiger partial charge in [-0.05, 0) is 24.3 Å². The number of hydrogen-bond donors (Lipinski definition) is 0. The molecule has 0 spiro atoms. The first-order chi connectivity index (χ1) is 7.59. The van der Waals surface area contributed by atoms with Crippen molar-refractivity contribution >= 4 is 23.2 Å². The van der Waals surface area contributed by atoms with Crippen LogP contribution in [0.25, 0.3) is 11.1 Å². The molecule has 2 aromatic carbocycles. The van der Waals surface area contributed by atoms with Gasteiger partial charge in [-0.1, -0.05) is 29.3 Å². The van der Waals surface area contributed by atoms with Crippen LogP contribution in [0.3, 0.4) is 0 Å². The maximum atomic E-state index is 13.5. The smallest absolute Gasteiger partial charge is 0.141 e. The molecule has 0 fully saturated rings. The van der Waals surface area contributed by atoms with Crippen molar-refractivity contribution in [2.24, 2.45) is 0 Å². The Hall–Kier alpha value is -1.12. The van der Waals surface area contributed by atoms with Crippen LogP contribution in [-0.2, 0) is 0 Å². The van der Waals surface area contributed by atoms with E-state index in [4.69, 9.17) is 23.2 Å². The van der Waals surface area contributed by atoms with E-state index in [1.807, 2.05) is 0 Å². The third-order valence-corrected chi connectivity index (χ3v) is 2.65. The van der Waals surface area contributed by atoms with Crippen molar-refractivity contribution in [2.45, 2.75) is 0 Å². The lowest BCUT2D eigenvalue weighted by molar-refractivity contribution is 0.588. The Labute approximate surface area is 101 Å². The Balaban J connectivity index is 2.68. The molecular weight excluding hydrogens is 253 g/mol. The fraction of sp³-hybridized carbons (Fsp3) is 0. The van der Waals surface area contributed by atoms with Gasteiger partial charge in [-0.3, -0.25) is 0 Å². The molecular formula is C12H5Cl2F2. The number of benzene rings is 2. The van der Waals surface area contributed by atoms with Gasteiger partial charge in [0.1, 0.15) is 11.6 Å². The summed E-state index contributed by atoms with van der Waals surface area (Å²) in [5.41, 5.74) is 0.0714. The van der Waals surface area contributed by atoms with Crippen molar-refractivity contribution < 1.29 is 8.78 Å². The van der Waals surface area contributed by atoms with Gasteiger partial charge in [0.2, 0.25) is 0 Å². The zero-order chi connectivity index (χ0) is 11.7. The molecule has 0 saturated heterocycles.